The quantitative estimate of drug-likeness (QED) is 0.643. The zero-order valence-corrected chi connectivity index (χ0v) is 8.93. The highest BCUT2D eigenvalue weighted by atomic mass is 32.1. The summed E-state index contributed by atoms with van der Waals surface area (Å²) in [7, 11) is 0. The SMILES string of the molecule is CCc1nc(NC(N)=S)c2[nH]cnc2n1. The Balaban J connectivity index is 2.57. The number of rotatable bonds is 2. The lowest BCUT2D eigenvalue weighted by atomic mass is 10.4. The molecule has 2 aromatic heterocycles. The Labute approximate surface area is 91.3 Å². The molecule has 0 aliphatic carbocycles. The Bertz CT molecular complexity index is 505. The number of imidazole rings is 1. The number of H-pyrrole nitrogens is 1. The van der Waals surface area contributed by atoms with Crippen molar-refractivity contribution in [1.29, 1.82) is 0 Å². The van der Waals surface area contributed by atoms with Crippen molar-refractivity contribution < 1.29 is 0 Å². The number of aromatic nitrogens is 4. The second kappa shape index (κ2) is 3.77. The van der Waals surface area contributed by atoms with Gasteiger partial charge in [0.2, 0.25) is 0 Å². The van der Waals surface area contributed by atoms with Crippen molar-refractivity contribution in [3.63, 3.8) is 0 Å². The number of aromatic amines is 1. The molecule has 6 nitrogen and oxygen atoms in total. The van der Waals surface area contributed by atoms with Crippen LogP contribution in [0.25, 0.3) is 11.2 Å². The monoisotopic (exact) mass is 222 g/mol. The molecule has 78 valence electrons. The maximum absolute atomic E-state index is 5.40. The molecule has 2 aromatic rings. The van der Waals surface area contributed by atoms with Crippen LogP contribution in [0, 0.1) is 0 Å². The zero-order valence-electron chi connectivity index (χ0n) is 8.11. The molecular formula is C8H10N6S. The topological polar surface area (TPSA) is 92.5 Å². The third kappa shape index (κ3) is 1.86. The van der Waals surface area contributed by atoms with Gasteiger partial charge in [0, 0.05) is 6.42 Å². The first-order chi connectivity index (χ1) is 7.20. The predicted molar refractivity (Wildman–Crippen MR) is 61.5 cm³/mol. The molecule has 0 aliphatic rings. The van der Waals surface area contributed by atoms with E-state index in [0.717, 1.165) is 6.42 Å². The van der Waals surface area contributed by atoms with Crippen molar-refractivity contribution in [2.75, 3.05) is 5.32 Å². The summed E-state index contributed by atoms with van der Waals surface area (Å²) >= 11 is 4.77. The van der Waals surface area contributed by atoms with E-state index < -0.39 is 0 Å². The van der Waals surface area contributed by atoms with E-state index in [9.17, 15) is 0 Å². The minimum atomic E-state index is 0.173. The van der Waals surface area contributed by atoms with Gasteiger partial charge in [-0.25, -0.2) is 15.0 Å². The second-order valence-electron chi connectivity index (χ2n) is 2.93. The summed E-state index contributed by atoms with van der Waals surface area (Å²) in [4.78, 5) is 15.5. The molecule has 0 spiro atoms. The Hall–Kier alpha value is -1.76. The van der Waals surface area contributed by atoms with Crippen molar-refractivity contribution in [2.45, 2.75) is 13.3 Å². The molecule has 7 heteroatoms. The molecule has 0 atom stereocenters. The molecule has 0 fully saturated rings. The van der Waals surface area contributed by atoms with Crippen LogP contribution < -0.4 is 11.1 Å². The van der Waals surface area contributed by atoms with Gasteiger partial charge in [0.1, 0.15) is 11.3 Å². The van der Waals surface area contributed by atoms with E-state index in [1.165, 1.54) is 0 Å². The fourth-order valence-electron chi connectivity index (χ4n) is 1.24. The Morgan fingerprint density at radius 3 is 3.07 bits per heavy atom. The molecule has 0 radical (unpaired) electrons. The molecule has 0 aromatic carbocycles. The summed E-state index contributed by atoms with van der Waals surface area (Å²) in [6.45, 7) is 1.97. The zero-order chi connectivity index (χ0) is 10.8. The average molecular weight is 222 g/mol. The number of nitrogens with zero attached hydrogens (tertiary/aromatic N) is 3. The first-order valence-electron chi connectivity index (χ1n) is 4.47. The number of nitrogens with two attached hydrogens (primary N) is 1. The van der Waals surface area contributed by atoms with Crippen molar-refractivity contribution in [3.05, 3.63) is 12.2 Å². The minimum Gasteiger partial charge on any atom is -0.376 e. The summed E-state index contributed by atoms with van der Waals surface area (Å²) in [5, 5.41) is 2.97. The average Bonchev–Trinajstić information content (AvgIpc) is 2.64. The van der Waals surface area contributed by atoms with E-state index in [-0.39, 0.29) is 5.11 Å². The van der Waals surface area contributed by atoms with Crippen molar-refractivity contribution in [3.8, 4) is 0 Å². The summed E-state index contributed by atoms with van der Waals surface area (Å²) in [5.41, 5.74) is 6.72. The standard InChI is InChI=1S/C8H10N6S/c1-2-4-12-6-5(10-3-11-6)7(13-4)14-8(9)15/h3H,2H2,1H3,(H4,9,10,11,12,13,14,15). The summed E-state index contributed by atoms with van der Waals surface area (Å²) < 4.78 is 0. The van der Waals surface area contributed by atoms with E-state index in [1.54, 1.807) is 6.33 Å². The van der Waals surface area contributed by atoms with Gasteiger partial charge in [-0.1, -0.05) is 6.92 Å². The molecule has 0 bridgehead atoms. The van der Waals surface area contributed by atoms with Crippen LogP contribution in [0.1, 0.15) is 12.7 Å². The summed E-state index contributed by atoms with van der Waals surface area (Å²) in [6.07, 6.45) is 2.29. The van der Waals surface area contributed by atoms with Gasteiger partial charge in [-0.05, 0) is 12.2 Å². The normalized spacial score (nSPS) is 10.5. The molecular weight excluding hydrogens is 212 g/mol. The lowest BCUT2D eigenvalue weighted by Gasteiger charge is -2.04. The van der Waals surface area contributed by atoms with E-state index in [0.29, 0.717) is 22.8 Å². The van der Waals surface area contributed by atoms with Gasteiger partial charge in [0.15, 0.2) is 16.6 Å². The van der Waals surface area contributed by atoms with Gasteiger partial charge < -0.3 is 16.0 Å². The number of fused-ring (bicyclic) bond motifs is 1. The summed E-state index contributed by atoms with van der Waals surface area (Å²) in [6, 6.07) is 0. The van der Waals surface area contributed by atoms with Gasteiger partial charge in [0.05, 0.1) is 6.33 Å². The molecule has 15 heavy (non-hydrogen) atoms. The van der Waals surface area contributed by atoms with Crippen LogP contribution in [0.3, 0.4) is 0 Å². The molecule has 0 saturated carbocycles. The Morgan fingerprint density at radius 1 is 1.60 bits per heavy atom. The fraction of sp³-hybridized carbons (Fsp3) is 0.250. The molecule has 0 unspecified atom stereocenters. The maximum Gasteiger partial charge on any atom is 0.183 e. The number of nitrogens with one attached hydrogen (secondary N) is 2. The maximum atomic E-state index is 5.40. The van der Waals surface area contributed by atoms with E-state index in [4.69, 9.17) is 18.0 Å². The van der Waals surface area contributed by atoms with Gasteiger partial charge in [-0.15, -0.1) is 0 Å². The highest BCUT2D eigenvalue weighted by molar-refractivity contribution is 7.80. The molecule has 2 heterocycles. The van der Waals surface area contributed by atoms with Crippen LogP contribution in [-0.4, -0.2) is 25.0 Å². The number of hydrogen-bond acceptors (Lipinski definition) is 4. The van der Waals surface area contributed by atoms with Crippen molar-refractivity contribution in [2.24, 2.45) is 5.73 Å². The minimum absolute atomic E-state index is 0.173. The first kappa shape index (κ1) is 9.78. The Morgan fingerprint density at radius 2 is 2.40 bits per heavy atom. The van der Waals surface area contributed by atoms with Crippen LogP contribution in [0.15, 0.2) is 6.33 Å². The number of aryl methyl sites for hydroxylation is 1. The van der Waals surface area contributed by atoms with E-state index >= 15 is 0 Å². The lowest BCUT2D eigenvalue weighted by Crippen LogP contribution is -2.20. The van der Waals surface area contributed by atoms with Gasteiger partial charge in [-0.3, -0.25) is 0 Å². The van der Waals surface area contributed by atoms with Crippen molar-refractivity contribution in [1.82, 2.24) is 19.9 Å². The number of anilines is 1. The van der Waals surface area contributed by atoms with Crippen LogP contribution in [0.2, 0.25) is 0 Å². The second-order valence-corrected chi connectivity index (χ2v) is 3.37. The largest absolute Gasteiger partial charge is 0.376 e. The number of thiocarbonyl (C=S) groups is 1. The van der Waals surface area contributed by atoms with Gasteiger partial charge in [0.25, 0.3) is 0 Å². The van der Waals surface area contributed by atoms with Crippen LogP contribution >= 0.6 is 12.2 Å². The highest BCUT2D eigenvalue weighted by Crippen LogP contribution is 2.16. The van der Waals surface area contributed by atoms with Crippen LogP contribution in [0.5, 0.6) is 0 Å². The predicted octanol–water partition coefficient (Wildman–Crippen LogP) is 0.571. The molecule has 2 rings (SSSR count). The third-order valence-electron chi connectivity index (χ3n) is 1.89. The Kier molecular flexibility index (Phi) is 2.46. The lowest BCUT2D eigenvalue weighted by molar-refractivity contribution is 0.959. The van der Waals surface area contributed by atoms with Crippen molar-refractivity contribution >= 4 is 34.3 Å². The van der Waals surface area contributed by atoms with E-state index in [1.807, 2.05) is 6.92 Å². The molecule has 4 N–H and O–H groups in total. The molecule has 0 saturated heterocycles. The molecule has 0 amide bonds. The number of hydrogen-bond donors (Lipinski definition) is 3. The third-order valence-corrected chi connectivity index (χ3v) is 1.99. The highest BCUT2D eigenvalue weighted by Gasteiger charge is 2.08. The van der Waals surface area contributed by atoms with Crippen LogP contribution in [-0.2, 0) is 6.42 Å². The molecule has 0 aliphatic heterocycles. The summed E-state index contributed by atoms with van der Waals surface area (Å²) in [5.74, 6) is 1.27. The first-order valence-corrected chi connectivity index (χ1v) is 4.88. The van der Waals surface area contributed by atoms with Crippen LogP contribution in [0.4, 0.5) is 5.82 Å². The van der Waals surface area contributed by atoms with Gasteiger partial charge >= 0.3 is 0 Å². The van der Waals surface area contributed by atoms with Gasteiger partial charge in [-0.2, -0.15) is 0 Å². The fourth-order valence-corrected chi connectivity index (χ4v) is 1.34. The smallest absolute Gasteiger partial charge is 0.183 e. The van der Waals surface area contributed by atoms with E-state index in [2.05, 4.69) is 25.3 Å².